The summed E-state index contributed by atoms with van der Waals surface area (Å²) in [5.74, 6) is 0.316. The number of nitrogens with one attached hydrogen (secondary N) is 2. The summed E-state index contributed by atoms with van der Waals surface area (Å²) in [4.78, 5) is 4.14. The first kappa shape index (κ1) is 15.6. The first-order chi connectivity index (χ1) is 9.94. The highest BCUT2D eigenvalue weighted by molar-refractivity contribution is 7.92. The van der Waals surface area contributed by atoms with E-state index in [-0.39, 0.29) is 4.90 Å². The van der Waals surface area contributed by atoms with Crippen molar-refractivity contribution in [2.24, 2.45) is 0 Å². The van der Waals surface area contributed by atoms with E-state index < -0.39 is 10.0 Å². The van der Waals surface area contributed by atoms with E-state index in [1.807, 2.05) is 19.9 Å². The van der Waals surface area contributed by atoms with Gasteiger partial charge in [0.15, 0.2) is 0 Å². The smallest absolute Gasteiger partial charge is 0.265 e. The second-order valence-corrected chi connectivity index (χ2v) is 6.53. The van der Waals surface area contributed by atoms with Crippen LogP contribution in [0.25, 0.3) is 0 Å². The summed E-state index contributed by atoms with van der Waals surface area (Å²) in [7, 11) is -3.76. The number of halogens is 1. The van der Waals surface area contributed by atoms with Gasteiger partial charge in [0.1, 0.15) is 10.7 Å². The standard InChI is InChI=1S/C14H16ClN3O2S/c1-3-16-14-13(5-4-8-17-14)21(19,20)18-12-9-10(2)6-7-11(12)15/h4-9,18H,3H2,1-2H3,(H,16,17). The molecule has 2 aromatic rings. The van der Waals surface area contributed by atoms with Crippen LogP contribution >= 0.6 is 11.6 Å². The van der Waals surface area contributed by atoms with Crippen molar-refractivity contribution in [2.75, 3.05) is 16.6 Å². The van der Waals surface area contributed by atoms with Gasteiger partial charge < -0.3 is 5.32 Å². The summed E-state index contributed by atoms with van der Waals surface area (Å²) in [6, 6.07) is 8.23. The number of hydrogen-bond acceptors (Lipinski definition) is 4. The van der Waals surface area contributed by atoms with E-state index in [0.29, 0.717) is 23.1 Å². The van der Waals surface area contributed by atoms with E-state index in [4.69, 9.17) is 11.6 Å². The summed E-state index contributed by atoms with van der Waals surface area (Å²) in [5, 5.41) is 3.28. The monoisotopic (exact) mass is 325 g/mol. The van der Waals surface area contributed by atoms with Gasteiger partial charge in [-0.2, -0.15) is 0 Å². The van der Waals surface area contributed by atoms with Crippen molar-refractivity contribution in [3.63, 3.8) is 0 Å². The minimum atomic E-state index is -3.76. The van der Waals surface area contributed by atoms with E-state index in [1.165, 1.54) is 12.3 Å². The van der Waals surface area contributed by atoms with Gasteiger partial charge >= 0.3 is 0 Å². The molecule has 0 fully saturated rings. The van der Waals surface area contributed by atoms with Crippen LogP contribution in [0.15, 0.2) is 41.4 Å². The zero-order valence-corrected chi connectivity index (χ0v) is 13.3. The van der Waals surface area contributed by atoms with Crippen LogP contribution in [-0.2, 0) is 10.0 Å². The molecule has 1 aromatic carbocycles. The first-order valence-corrected chi connectivity index (χ1v) is 8.28. The third-order valence-electron chi connectivity index (χ3n) is 2.77. The van der Waals surface area contributed by atoms with E-state index in [9.17, 15) is 8.42 Å². The normalized spacial score (nSPS) is 11.2. The van der Waals surface area contributed by atoms with Crippen LogP contribution in [0, 0.1) is 6.92 Å². The van der Waals surface area contributed by atoms with Crippen LogP contribution in [-0.4, -0.2) is 19.9 Å². The molecule has 0 aliphatic rings. The molecule has 0 spiro atoms. The molecule has 5 nitrogen and oxygen atoms in total. The zero-order valence-electron chi connectivity index (χ0n) is 11.7. The van der Waals surface area contributed by atoms with Gasteiger partial charge in [0, 0.05) is 12.7 Å². The SMILES string of the molecule is CCNc1ncccc1S(=O)(=O)Nc1cc(C)ccc1Cl. The summed E-state index contributed by atoms with van der Waals surface area (Å²) >= 11 is 6.03. The lowest BCUT2D eigenvalue weighted by molar-refractivity contribution is 0.601. The third kappa shape index (κ3) is 3.65. The molecule has 0 saturated heterocycles. The molecule has 0 amide bonds. The lowest BCUT2D eigenvalue weighted by Crippen LogP contribution is -2.16. The predicted molar refractivity (Wildman–Crippen MR) is 85.4 cm³/mol. The van der Waals surface area contributed by atoms with Crippen LogP contribution < -0.4 is 10.0 Å². The fourth-order valence-electron chi connectivity index (χ4n) is 1.82. The van der Waals surface area contributed by atoms with Crippen molar-refractivity contribution in [3.05, 3.63) is 47.1 Å². The minimum absolute atomic E-state index is 0.0874. The molecule has 2 N–H and O–H groups in total. The fourth-order valence-corrected chi connectivity index (χ4v) is 3.25. The topological polar surface area (TPSA) is 71.1 Å². The molecule has 1 aromatic heterocycles. The number of aromatic nitrogens is 1. The second-order valence-electron chi connectivity index (χ2n) is 4.47. The molecule has 0 aliphatic heterocycles. The fraction of sp³-hybridized carbons (Fsp3) is 0.214. The second kappa shape index (κ2) is 6.32. The quantitative estimate of drug-likeness (QED) is 0.885. The Morgan fingerprint density at radius 1 is 1.29 bits per heavy atom. The van der Waals surface area contributed by atoms with Crippen LogP contribution in [0.1, 0.15) is 12.5 Å². The molecule has 0 radical (unpaired) electrons. The average Bonchev–Trinajstić information content (AvgIpc) is 2.43. The third-order valence-corrected chi connectivity index (χ3v) is 4.50. The van der Waals surface area contributed by atoms with E-state index >= 15 is 0 Å². The molecule has 21 heavy (non-hydrogen) atoms. The Hall–Kier alpha value is -1.79. The first-order valence-electron chi connectivity index (χ1n) is 6.42. The Morgan fingerprint density at radius 3 is 2.76 bits per heavy atom. The molecule has 0 bridgehead atoms. The maximum atomic E-state index is 12.5. The van der Waals surface area contributed by atoms with Crippen molar-refractivity contribution in [1.82, 2.24) is 4.98 Å². The average molecular weight is 326 g/mol. The van der Waals surface area contributed by atoms with Crippen molar-refractivity contribution in [3.8, 4) is 0 Å². The summed E-state index contributed by atoms with van der Waals surface area (Å²) < 4.78 is 27.5. The minimum Gasteiger partial charge on any atom is -0.369 e. The number of benzene rings is 1. The Kier molecular flexibility index (Phi) is 4.69. The van der Waals surface area contributed by atoms with Gasteiger partial charge in [0.05, 0.1) is 10.7 Å². The number of anilines is 2. The lowest BCUT2D eigenvalue weighted by Gasteiger charge is -2.13. The largest absolute Gasteiger partial charge is 0.369 e. The van der Waals surface area contributed by atoms with Gasteiger partial charge in [-0.05, 0) is 43.7 Å². The maximum Gasteiger partial charge on any atom is 0.265 e. The number of nitrogens with zero attached hydrogens (tertiary/aromatic N) is 1. The molecule has 7 heteroatoms. The molecule has 0 aliphatic carbocycles. The molecular weight excluding hydrogens is 310 g/mol. The summed E-state index contributed by atoms with van der Waals surface area (Å²) in [6.45, 7) is 4.31. The van der Waals surface area contributed by atoms with Gasteiger partial charge in [-0.25, -0.2) is 13.4 Å². The number of sulfonamides is 1. The Bertz CT molecular complexity index is 748. The Balaban J connectivity index is 2.41. The van der Waals surface area contributed by atoms with Gasteiger partial charge in [-0.15, -0.1) is 0 Å². The van der Waals surface area contributed by atoms with Gasteiger partial charge in [0.2, 0.25) is 0 Å². The van der Waals surface area contributed by atoms with E-state index in [2.05, 4.69) is 15.0 Å². The highest BCUT2D eigenvalue weighted by Gasteiger charge is 2.20. The van der Waals surface area contributed by atoms with Crippen LogP contribution in [0.4, 0.5) is 11.5 Å². The number of aryl methyl sites for hydroxylation is 1. The van der Waals surface area contributed by atoms with Gasteiger partial charge in [0.25, 0.3) is 10.0 Å². The summed E-state index contributed by atoms with van der Waals surface area (Å²) in [5.41, 5.74) is 1.26. The van der Waals surface area contributed by atoms with Gasteiger partial charge in [-0.3, -0.25) is 4.72 Å². The van der Waals surface area contributed by atoms with Crippen LogP contribution in [0.2, 0.25) is 5.02 Å². The van der Waals surface area contributed by atoms with E-state index in [0.717, 1.165) is 5.56 Å². The highest BCUT2D eigenvalue weighted by Crippen LogP contribution is 2.27. The zero-order chi connectivity index (χ0) is 15.5. The van der Waals surface area contributed by atoms with Crippen molar-refractivity contribution < 1.29 is 8.42 Å². The molecule has 2 rings (SSSR count). The number of pyridine rings is 1. The number of hydrogen-bond donors (Lipinski definition) is 2. The maximum absolute atomic E-state index is 12.5. The van der Waals surface area contributed by atoms with Crippen molar-refractivity contribution in [1.29, 1.82) is 0 Å². The number of rotatable bonds is 5. The van der Waals surface area contributed by atoms with Gasteiger partial charge in [-0.1, -0.05) is 17.7 Å². The predicted octanol–water partition coefficient (Wildman–Crippen LogP) is 3.28. The molecule has 112 valence electrons. The van der Waals surface area contributed by atoms with Crippen LogP contribution in [0.5, 0.6) is 0 Å². The molecule has 0 atom stereocenters. The molecule has 0 unspecified atom stereocenters. The Labute approximate surface area is 129 Å². The molecule has 0 saturated carbocycles. The summed E-state index contributed by atoms with van der Waals surface area (Å²) in [6.07, 6.45) is 1.54. The molecular formula is C14H16ClN3O2S. The molecule has 1 heterocycles. The Morgan fingerprint density at radius 2 is 2.05 bits per heavy atom. The van der Waals surface area contributed by atoms with Crippen molar-refractivity contribution in [2.45, 2.75) is 18.7 Å². The van der Waals surface area contributed by atoms with Crippen molar-refractivity contribution >= 4 is 33.1 Å². The van der Waals surface area contributed by atoms with E-state index in [1.54, 1.807) is 18.2 Å². The lowest BCUT2D eigenvalue weighted by atomic mass is 10.2. The van der Waals surface area contributed by atoms with Crippen LogP contribution in [0.3, 0.4) is 0 Å². The highest BCUT2D eigenvalue weighted by atomic mass is 35.5.